The minimum Gasteiger partial charge on any atom is -0.343 e. The number of benzene rings is 2. The first-order chi connectivity index (χ1) is 15.7. The number of H-pyrrole nitrogens is 2. The Morgan fingerprint density at radius 1 is 1.00 bits per heavy atom. The molecule has 33 heavy (non-hydrogen) atoms. The number of hydrogen-bond acceptors (Lipinski definition) is 6. The van der Waals surface area contributed by atoms with Crippen molar-refractivity contribution < 1.29 is 18.0 Å². The number of aromatic nitrogens is 2. The van der Waals surface area contributed by atoms with Crippen molar-refractivity contribution in [1.82, 2.24) is 20.2 Å². The topological polar surface area (TPSA) is 170 Å². The van der Waals surface area contributed by atoms with Gasteiger partial charge in [0.2, 0.25) is 15.9 Å². The van der Waals surface area contributed by atoms with E-state index in [0.29, 0.717) is 12.5 Å². The third-order valence-corrected chi connectivity index (χ3v) is 6.60. The lowest BCUT2D eigenvalue weighted by Gasteiger charge is -2.10. The Morgan fingerprint density at radius 3 is 2.48 bits per heavy atom. The summed E-state index contributed by atoms with van der Waals surface area (Å²) in [5.41, 5.74) is -0.910. The molecule has 2 amide bonds. The highest BCUT2D eigenvalue weighted by molar-refractivity contribution is 7.89. The second kappa shape index (κ2) is 9.00. The Morgan fingerprint density at radius 2 is 1.73 bits per heavy atom. The normalized spacial score (nSPS) is 13.6. The Hall–Kier alpha value is -3.77. The third-order valence-electron chi connectivity index (χ3n) is 5.17. The van der Waals surface area contributed by atoms with Crippen LogP contribution in [0.2, 0.25) is 0 Å². The van der Waals surface area contributed by atoms with Crippen molar-refractivity contribution in [3.05, 3.63) is 68.7 Å². The lowest BCUT2D eigenvalue weighted by atomic mass is 10.1. The summed E-state index contributed by atoms with van der Waals surface area (Å²) < 4.78 is 27.3. The van der Waals surface area contributed by atoms with Crippen molar-refractivity contribution in [2.45, 2.75) is 17.7 Å². The van der Waals surface area contributed by atoms with Gasteiger partial charge in [-0.05, 0) is 49.1 Å². The lowest BCUT2D eigenvalue weighted by molar-refractivity contribution is -0.115. The molecule has 3 aromatic rings. The molecule has 1 saturated carbocycles. The summed E-state index contributed by atoms with van der Waals surface area (Å²) >= 11 is 0. The van der Waals surface area contributed by atoms with Crippen LogP contribution in [-0.4, -0.2) is 43.5 Å². The van der Waals surface area contributed by atoms with Gasteiger partial charge in [0.25, 0.3) is 17.0 Å². The molecular formula is C21H21N5O6S. The van der Waals surface area contributed by atoms with Gasteiger partial charge in [0.15, 0.2) is 0 Å². The van der Waals surface area contributed by atoms with Crippen LogP contribution in [0.4, 0.5) is 5.69 Å². The van der Waals surface area contributed by atoms with Gasteiger partial charge in [0.05, 0.1) is 27.9 Å². The number of anilines is 1. The van der Waals surface area contributed by atoms with E-state index in [1.165, 1.54) is 42.5 Å². The minimum atomic E-state index is -3.74. The Bertz CT molecular complexity index is 1460. The van der Waals surface area contributed by atoms with Crippen LogP contribution >= 0.6 is 0 Å². The van der Waals surface area contributed by atoms with Gasteiger partial charge < -0.3 is 10.6 Å². The summed E-state index contributed by atoms with van der Waals surface area (Å²) in [6, 6.07) is 9.91. The highest BCUT2D eigenvalue weighted by Crippen LogP contribution is 2.28. The molecule has 0 saturated heterocycles. The largest absolute Gasteiger partial charge is 0.343 e. The number of nitrogens with one attached hydrogen (secondary N) is 5. The predicted molar refractivity (Wildman–Crippen MR) is 121 cm³/mol. The van der Waals surface area contributed by atoms with Crippen LogP contribution in [0.25, 0.3) is 10.8 Å². The second-order valence-corrected chi connectivity index (χ2v) is 9.46. The Balaban J connectivity index is 1.42. The molecule has 4 rings (SSSR count). The number of carbonyl (C=O) groups is 2. The van der Waals surface area contributed by atoms with Gasteiger partial charge in [-0.2, -0.15) is 0 Å². The number of aromatic amines is 2. The van der Waals surface area contributed by atoms with Crippen LogP contribution in [0.3, 0.4) is 0 Å². The van der Waals surface area contributed by atoms with E-state index in [1.54, 1.807) is 0 Å². The quantitative estimate of drug-likeness (QED) is 0.316. The van der Waals surface area contributed by atoms with Gasteiger partial charge in [0.1, 0.15) is 0 Å². The number of fused-ring (bicyclic) bond motifs is 1. The molecule has 0 atom stereocenters. The highest BCUT2D eigenvalue weighted by Gasteiger charge is 2.24. The molecule has 0 unspecified atom stereocenters. The second-order valence-electron chi connectivity index (χ2n) is 7.69. The standard InChI is InChI=1S/C21H21N5O6S/c27-17(24-16-6-2-5-15-18(16)21(30)26-25-20(15)29)11-22-19(28)13-3-1-4-14(9-13)33(31,32)23-10-12-7-8-12/h1-6,9,12,23H,7-8,10-11H2,(H,22,28)(H,24,27)(H,25,29)(H,26,30). The van der Waals surface area contributed by atoms with Crippen LogP contribution in [0.5, 0.6) is 0 Å². The van der Waals surface area contributed by atoms with Crippen molar-refractivity contribution in [2.24, 2.45) is 5.92 Å². The van der Waals surface area contributed by atoms with Crippen LogP contribution < -0.4 is 26.5 Å². The zero-order valence-corrected chi connectivity index (χ0v) is 18.1. The van der Waals surface area contributed by atoms with E-state index in [1.807, 2.05) is 0 Å². The first kappa shape index (κ1) is 22.4. The number of sulfonamides is 1. The number of rotatable bonds is 8. The predicted octanol–water partition coefficient (Wildman–Crippen LogP) is 0.273. The molecule has 1 fully saturated rings. The molecule has 0 bridgehead atoms. The number of carbonyl (C=O) groups excluding carboxylic acids is 2. The van der Waals surface area contributed by atoms with E-state index < -0.39 is 39.5 Å². The number of amides is 2. The summed E-state index contributed by atoms with van der Waals surface area (Å²) in [7, 11) is -3.74. The monoisotopic (exact) mass is 471 g/mol. The van der Waals surface area contributed by atoms with Crippen molar-refractivity contribution in [2.75, 3.05) is 18.4 Å². The molecular weight excluding hydrogens is 450 g/mol. The van der Waals surface area contributed by atoms with E-state index in [2.05, 4.69) is 25.6 Å². The summed E-state index contributed by atoms with van der Waals surface area (Å²) in [5, 5.41) is 9.42. The van der Waals surface area contributed by atoms with E-state index in [4.69, 9.17) is 0 Å². The molecule has 2 aromatic carbocycles. The molecule has 5 N–H and O–H groups in total. The average Bonchev–Trinajstić information content (AvgIpc) is 3.63. The SMILES string of the molecule is O=C(CNC(=O)c1cccc(S(=O)(=O)NCC2CC2)c1)Nc1cccc2c(=O)[nH][nH]c(=O)c12. The fourth-order valence-corrected chi connectivity index (χ4v) is 4.39. The van der Waals surface area contributed by atoms with Crippen molar-refractivity contribution in [3.63, 3.8) is 0 Å². The van der Waals surface area contributed by atoms with Gasteiger partial charge in [-0.15, -0.1) is 0 Å². The van der Waals surface area contributed by atoms with Crippen LogP contribution in [-0.2, 0) is 14.8 Å². The van der Waals surface area contributed by atoms with Crippen molar-refractivity contribution in [1.29, 1.82) is 0 Å². The molecule has 1 heterocycles. The average molecular weight is 471 g/mol. The summed E-state index contributed by atoms with van der Waals surface area (Å²) in [4.78, 5) is 48.7. The van der Waals surface area contributed by atoms with E-state index in [0.717, 1.165) is 12.8 Å². The van der Waals surface area contributed by atoms with E-state index in [9.17, 15) is 27.6 Å². The zero-order chi connectivity index (χ0) is 23.6. The molecule has 1 aliphatic rings. The molecule has 0 spiro atoms. The minimum absolute atomic E-state index is 0.0116. The molecule has 0 aliphatic heterocycles. The van der Waals surface area contributed by atoms with Gasteiger partial charge in [0, 0.05) is 12.1 Å². The van der Waals surface area contributed by atoms with E-state index in [-0.39, 0.29) is 26.9 Å². The molecule has 1 aromatic heterocycles. The van der Waals surface area contributed by atoms with Crippen LogP contribution in [0, 0.1) is 5.92 Å². The van der Waals surface area contributed by atoms with E-state index >= 15 is 0 Å². The molecule has 172 valence electrons. The third kappa shape index (κ3) is 5.18. The summed E-state index contributed by atoms with van der Waals surface area (Å²) in [5.74, 6) is -0.914. The summed E-state index contributed by atoms with van der Waals surface area (Å²) in [6.45, 7) is -0.0744. The first-order valence-electron chi connectivity index (χ1n) is 10.2. The van der Waals surface area contributed by atoms with Crippen LogP contribution in [0.1, 0.15) is 23.2 Å². The molecule has 1 aliphatic carbocycles. The maximum Gasteiger partial charge on any atom is 0.272 e. The zero-order valence-electron chi connectivity index (χ0n) is 17.3. The number of hydrogen-bond donors (Lipinski definition) is 5. The van der Waals surface area contributed by atoms with Crippen molar-refractivity contribution in [3.8, 4) is 0 Å². The van der Waals surface area contributed by atoms with Gasteiger partial charge in [-0.3, -0.25) is 29.4 Å². The molecule has 0 radical (unpaired) electrons. The van der Waals surface area contributed by atoms with Gasteiger partial charge in [-0.1, -0.05) is 12.1 Å². The smallest absolute Gasteiger partial charge is 0.272 e. The summed E-state index contributed by atoms with van der Waals surface area (Å²) in [6.07, 6.45) is 1.99. The Labute approximate surface area is 187 Å². The molecule has 12 heteroatoms. The fourth-order valence-electron chi connectivity index (χ4n) is 3.23. The van der Waals surface area contributed by atoms with Gasteiger partial charge >= 0.3 is 0 Å². The maximum absolute atomic E-state index is 12.5. The van der Waals surface area contributed by atoms with Gasteiger partial charge in [-0.25, -0.2) is 13.1 Å². The molecule has 11 nitrogen and oxygen atoms in total. The Kier molecular flexibility index (Phi) is 6.11. The maximum atomic E-state index is 12.5. The highest BCUT2D eigenvalue weighted by atomic mass is 32.2. The first-order valence-corrected chi connectivity index (χ1v) is 11.6. The van der Waals surface area contributed by atoms with Crippen molar-refractivity contribution >= 4 is 38.3 Å². The lowest BCUT2D eigenvalue weighted by Crippen LogP contribution is -2.33. The fraction of sp³-hybridized carbons (Fsp3) is 0.238. The van der Waals surface area contributed by atoms with Crippen LogP contribution in [0.15, 0.2) is 56.9 Å².